The quantitative estimate of drug-likeness (QED) is 0.755. The van der Waals surface area contributed by atoms with Gasteiger partial charge in [-0.2, -0.15) is 0 Å². The number of aryl methyl sites for hydroxylation is 1. The Bertz CT molecular complexity index is 952. The van der Waals surface area contributed by atoms with E-state index in [1.165, 1.54) is 0 Å². The minimum atomic E-state index is 0.0542. The first-order chi connectivity index (χ1) is 13.6. The van der Waals surface area contributed by atoms with E-state index in [-0.39, 0.29) is 17.9 Å². The van der Waals surface area contributed by atoms with Crippen LogP contribution in [0.1, 0.15) is 46.9 Å². The number of aromatic nitrogens is 3. The fourth-order valence-corrected chi connectivity index (χ4v) is 3.78. The van der Waals surface area contributed by atoms with Gasteiger partial charge in [0.25, 0.3) is 5.91 Å². The van der Waals surface area contributed by atoms with Crippen LogP contribution >= 0.6 is 0 Å². The van der Waals surface area contributed by atoms with Crippen LogP contribution in [0.4, 0.5) is 5.95 Å². The molecule has 1 atom stereocenters. The molecule has 1 fully saturated rings. The molecule has 142 valence electrons. The van der Waals surface area contributed by atoms with Crippen molar-refractivity contribution >= 4 is 11.9 Å². The van der Waals surface area contributed by atoms with Gasteiger partial charge in [-0.1, -0.05) is 18.2 Å². The Kier molecular flexibility index (Phi) is 5.02. The molecule has 0 aliphatic carbocycles. The Morgan fingerprint density at radius 1 is 1.14 bits per heavy atom. The van der Waals surface area contributed by atoms with Crippen molar-refractivity contribution < 1.29 is 4.79 Å². The zero-order valence-corrected chi connectivity index (χ0v) is 15.9. The zero-order chi connectivity index (χ0) is 19.5. The molecule has 0 radical (unpaired) electrons. The van der Waals surface area contributed by atoms with Gasteiger partial charge >= 0.3 is 0 Å². The molecule has 1 saturated heterocycles. The van der Waals surface area contributed by atoms with Gasteiger partial charge < -0.3 is 10.6 Å². The molecular weight excluding hydrogens is 350 g/mol. The predicted molar refractivity (Wildman–Crippen MR) is 108 cm³/mol. The van der Waals surface area contributed by atoms with Crippen molar-refractivity contribution in [1.82, 2.24) is 19.9 Å². The largest absolute Gasteiger partial charge is 0.368 e. The summed E-state index contributed by atoms with van der Waals surface area (Å²) in [5, 5.41) is 0. The van der Waals surface area contributed by atoms with E-state index in [2.05, 4.69) is 15.0 Å². The molecule has 3 aromatic rings. The standard InChI is InChI=1S/C22H23N5O/c1-15-13-19(26-22(23)25-15)16-7-9-17(10-8-16)21(28)27-12-3-2-6-20(27)18-5-4-11-24-14-18/h4-5,7-11,13-14,20H,2-3,6,12H2,1H3,(H2,23,25,26)/t20-/m0/s1. The van der Waals surface area contributed by atoms with Crippen LogP contribution in [0.25, 0.3) is 11.3 Å². The van der Waals surface area contributed by atoms with Gasteiger partial charge in [-0.05, 0) is 56.0 Å². The first kappa shape index (κ1) is 18.1. The van der Waals surface area contributed by atoms with Crippen molar-refractivity contribution in [2.24, 2.45) is 0 Å². The van der Waals surface area contributed by atoms with Gasteiger partial charge in [-0.3, -0.25) is 9.78 Å². The molecule has 28 heavy (non-hydrogen) atoms. The highest BCUT2D eigenvalue weighted by Crippen LogP contribution is 2.32. The summed E-state index contributed by atoms with van der Waals surface area (Å²) >= 11 is 0. The maximum absolute atomic E-state index is 13.2. The Labute approximate surface area is 164 Å². The number of pyridine rings is 1. The second-order valence-corrected chi connectivity index (χ2v) is 7.13. The van der Waals surface area contributed by atoms with E-state index < -0.39 is 0 Å². The van der Waals surface area contributed by atoms with Crippen LogP contribution in [0, 0.1) is 6.92 Å². The number of benzene rings is 1. The molecule has 6 heteroatoms. The van der Waals surface area contributed by atoms with Crippen LogP contribution in [0.5, 0.6) is 0 Å². The third kappa shape index (κ3) is 3.71. The van der Waals surface area contributed by atoms with Crippen LogP contribution in [-0.2, 0) is 0 Å². The first-order valence-electron chi connectivity index (χ1n) is 9.54. The van der Waals surface area contributed by atoms with Crippen LogP contribution in [-0.4, -0.2) is 32.3 Å². The van der Waals surface area contributed by atoms with E-state index in [4.69, 9.17) is 5.73 Å². The number of amides is 1. The summed E-state index contributed by atoms with van der Waals surface area (Å²) in [6.07, 6.45) is 6.74. The normalized spacial score (nSPS) is 16.8. The van der Waals surface area contributed by atoms with Gasteiger partial charge in [0.2, 0.25) is 5.95 Å². The lowest BCUT2D eigenvalue weighted by atomic mass is 9.95. The number of carbonyl (C=O) groups excluding carboxylic acids is 1. The van der Waals surface area contributed by atoms with Crippen molar-refractivity contribution in [3.63, 3.8) is 0 Å². The number of carbonyl (C=O) groups is 1. The number of nitrogens with zero attached hydrogens (tertiary/aromatic N) is 4. The second kappa shape index (κ2) is 7.76. The molecule has 2 N–H and O–H groups in total. The molecule has 1 aliphatic rings. The lowest BCUT2D eigenvalue weighted by Crippen LogP contribution is -2.38. The Morgan fingerprint density at radius 3 is 2.68 bits per heavy atom. The minimum absolute atomic E-state index is 0.0542. The fourth-order valence-electron chi connectivity index (χ4n) is 3.78. The van der Waals surface area contributed by atoms with Gasteiger partial charge in [-0.15, -0.1) is 0 Å². The van der Waals surface area contributed by atoms with Crippen molar-refractivity contribution in [3.8, 4) is 11.3 Å². The molecule has 2 aromatic heterocycles. The molecule has 6 nitrogen and oxygen atoms in total. The van der Waals surface area contributed by atoms with Gasteiger partial charge in [0.15, 0.2) is 0 Å². The fraction of sp³-hybridized carbons (Fsp3) is 0.273. The molecule has 0 saturated carbocycles. The molecule has 3 heterocycles. The number of nitrogens with two attached hydrogens (primary N) is 1. The number of hydrogen-bond donors (Lipinski definition) is 1. The van der Waals surface area contributed by atoms with Crippen LogP contribution < -0.4 is 5.73 Å². The van der Waals surface area contributed by atoms with Crippen molar-refractivity contribution in [3.05, 3.63) is 71.7 Å². The van der Waals surface area contributed by atoms with Gasteiger partial charge in [0.1, 0.15) is 0 Å². The maximum Gasteiger partial charge on any atom is 0.254 e. The average molecular weight is 373 g/mol. The lowest BCUT2D eigenvalue weighted by molar-refractivity contribution is 0.0611. The van der Waals surface area contributed by atoms with E-state index in [1.807, 2.05) is 60.5 Å². The third-order valence-electron chi connectivity index (χ3n) is 5.13. The van der Waals surface area contributed by atoms with E-state index >= 15 is 0 Å². The summed E-state index contributed by atoms with van der Waals surface area (Å²) in [6.45, 7) is 2.65. The Hall–Kier alpha value is -3.28. The molecule has 0 unspecified atom stereocenters. The highest BCUT2D eigenvalue weighted by molar-refractivity contribution is 5.95. The SMILES string of the molecule is Cc1cc(-c2ccc(C(=O)N3CCCC[C@H]3c3cccnc3)cc2)nc(N)n1. The summed E-state index contributed by atoms with van der Waals surface area (Å²) in [5.41, 5.74) is 10.0. The topological polar surface area (TPSA) is 85.0 Å². The summed E-state index contributed by atoms with van der Waals surface area (Å²) < 4.78 is 0. The molecular formula is C22H23N5O. The van der Waals surface area contributed by atoms with Gasteiger partial charge in [0.05, 0.1) is 11.7 Å². The lowest BCUT2D eigenvalue weighted by Gasteiger charge is -2.36. The third-order valence-corrected chi connectivity index (χ3v) is 5.13. The molecule has 1 amide bonds. The molecule has 4 rings (SSSR count). The minimum Gasteiger partial charge on any atom is -0.368 e. The number of anilines is 1. The highest BCUT2D eigenvalue weighted by Gasteiger charge is 2.28. The maximum atomic E-state index is 13.2. The average Bonchev–Trinajstić information content (AvgIpc) is 2.73. The molecule has 1 aromatic carbocycles. The second-order valence-electron chi connectivity index (χ2n) is 7.13. The van der Waals surface area contributed by atoms with Crippen molar-refractivity contribution in [2.75, 3.05) is 12.3 Å². The molecule has 1 aliphatic heterocycles. The van der Waals surface area contributed by atoms with Crippen LogP contribution in [0.15, 0.2) is 54.9 Å². The smallest absolute Gasteiger partial charge is 0.254 e. The summed E-state index contributed by atoms with van der Waals surface area (Å²) in [6, 6.07) is 13.5. The van der Waals surface area contributed by atoms with Crippen LogP contribution in [0.2, 0.25) is 0 Å². The Balaban J connectivity index is 1.58. The van der Waals surface area contributed by atoms with E-state index in [0.29, 0.717) is 5.56 Å². The number of nitrogen functional groups attached to an aromatic ring is 1. The van der Waals surface area contributed by atoms with Gasteiger partial charge in [0, 0.05) is 35.8 Å². The molecule has 0 spiro atoms. The summed E-state index contributed by atoms with van der Waals surface area (Å²) in [5.74, 6) is 0.307. The van der Waals surface area contributed by atoms with Gasteiger partial charge in [-0.25, -0.2) is 9.97 Å². The van der Waals surface area contributed by atoms with Crippen molar-refractivity contribution in [2.45, 2.75) is 32.2 Å². The Morgan fingerprint density at radius 2 is 1.96 bits per heavy atom. The predicted octanol–water partition coefficient (Wildman–Crippen LogP) is 3.80. The van der Waals surface area contributed by atoms with Crippen LogP contribution in [0.3, 0.4) is 0 Å². The van der Waals surface area contributed by atoms with E-state index in [1.54, 1.807) is 6.20 Å². The number of hydrogen-bond acceptors (Lipinski definition) is 5. The summed E-state index contributed by atoms with van der Waals surface area (Å²) in [4.78, 5) is 27.8. The number of piperidine rings is 1. The monoisotopic (exact) mass is 373 g/mol. The molecule has 0 bridgehead atoms. The van der Waals surface area contributed by atoms with E-state index in [9.17, 15) is 4.79 Å². The first-order valence-corrected chi connectivity index (χ1v) is 9.54. The summed E-state index contributed by atoms with van der Waals surface area (Å²) in [7, 11) is 0. The highest BCUT2D eigenvalue weighted by atomic mass is 16.2. The zero-order valence-electron chi connectivity index (χ0n) is 15.9. The number of rotatable bonds is 3. The number of likely N-dealkylation sites (tertiary alicyclic amines) is 1. The van der Waals surface area contributed by atoms with Crippen molar-refractivity contribution in [1.29, 1.82) is 0 Å². The van der Waals surface area contributed by atoms with E-state index in [0.717, 1.165) is 48.3 Å².